The molecule has 0 aliphatic rings. The van der Waals surface area contributed by atoms with E-state index in [0.717, 1.165) is 4.90 Å². The largest absolute Gasteiger partial charge is 0.496 e. The van der Waals surface area contributed by atoms with Gasteiger partial charge in [0.2, 0.25) is 5.91 Å². The summed E-state index contributed by atoms with van der Waals surface area (Å²) < 4.78 is 10.6. The van der Waals surface area contributed by atoms with E-state index in [4.69, 9.17) is 32.7 Å². The topological polar surface area (TPSA) is 76.7 Å². The van der Waals surface area contributed by atoms with Gasteiger partial charge in [-0.15, -0.1) is 11.8 Å². The number of halogens is 2. The molecule has 3 rings (SSSR count). The van der Waals surface area contributed by atoms with E-state index < -0.39 is 0 Å². The summed E-state index contributed by atoms with van der Waals surface area (Å²) >= 11 is 13.4. The summed E-state index contributed by atoms with van der Waals surface area (Å²) in [5.41, 5.74) is 1.33. The molecular formula is C23H20Cl2N2O4S. The molecule has 0 saturated carbocycles. The van der Waals surface area contributed by atoms with Crippen LogP contribution in [-0.2, 0) is 4.79 Å². The molecule has 0 aromatic heterocycles. The minimum absolute atomic E-state index is 0.153. The molecule has 0 atom stereocenters. The summed E-state index contributed by atoms with van der Waals surface area (Å²) in [6.07, 6.45) is 0. The summed E-state index contributed by atoms with van der Waals surface area (Å²) in [5.74, 6) is 0.371. The monoisotopic (exact) mass is 490 g/mol. The van der Waals surface area contributed by atoms with E-state index >= 15 is 0 Å². The molecule has 0 radical (unpaired) electrons. The number of ether oxygens (including phenoxy) is 2. The lowest BCUT2D eigenvalue weighted by molar-refractivity contribution is -0.113. The van der Waals surface area contributed by atoms with Crippen LogP contribution < -0.4 is 20.1 Å². The van der Waals surface area contributed by atoms with Gasteiger partial charge in [-0.3, -0.25) is 9.59 Å². The predicted octanol–water partition coefficient (Wildman–Crippen LogP) is 5.99. The number of benzene rings is 3. The van der Waals surface area contributed by atoms with E-state index in [1.807, 2.05) is 6.07 Å². The van der Waals surface area contributed by atoms with E-state index in [-0.39, 0.29) is 17.6 Å². The molecule has 6 nitrogen and oxygen atoms in total. The maximum Gasteiger partial charge on any atom is 0.263 e. The van der Waals surface area contributed by atoms with Gasteiger partial charge in [-0.1, -0.05) is 41.4 Å². The second-order valence-electron chi connectivity index (χ2n) is 6.46. The zero-order valence-corrected chi connectivity index (χ0v) is 19.6. The molecule has 166 valence electrons. The van der Waals surface area contributed by atoms with Gasteiger partial charge in [-0.05, 0) is 42.5 Å². The molecule has 0 heterocycles. The van der Waals surface area contributed by atoms with Crippen molar-refractivity contribution in [1.82, 2.24) is 0 Å². The number of methoxy groups -OCH3 is 2. The van der Waals surface area contributed by atoms with Crippen LogP contribution in [0.4, 0.5) is 11.4 Å². The summed E-state index contributed by atoms with van der Waals surface area (Å²) in [7, 11) is 2.98. The second kappa shape index (κ2) is 11.1. The van der Waals surface area contributed by atoms with Gasteiger partial charge in [0.1, 0.15) is 17.1 Å². The van der Waals surface area contributed by atoms with Crippen molar-refractivity contribution in [1.29, 1.82) is 0 Å². The van der Waals surface area contributed by atoms with Crippen molar-refractivity contribution < 1.29 is 19.1 Å². The smallest absolute Gasteiger partial charge is 0.263 e. The van der Waals surface area contributed by atoms with Crippen LogP contribution in [0, 0.1) is 0 Å². The molecule has 3 aromatic rings. The molecule has 0 unspecified atom stereocenters. The lowest BCUT2D eigenvalue weighted by Crippen LogP contribution is -2.15. The first-order valence-corrected chi connectivity index (χ1v) is 11.2. The first-order chi connectivity index (χ1) is 15.4. The quantitative estimate of drug-likeness (QED) is 0.379. The van der Waals surface area contributed by atoms with Gasteiger partial charge in [0.25, 0.3) is 5.91 Å². The predicted molar refractivity (Wildman–Crippen MR) is 130 cm³/mol. The van der Waals surface area contributed by atoms with Crippen LogP contribution in [0.3, 0.4) is 0 Å². The van der Waals surface area contributed by atoms with Gasteiger partial charge in [-0.25, -0.2) is 0 Å². The molecule has 2 amide bonds. The summed E-state index contributed by atoms with van der Waals surface area (Å²) in [5, 5.41) is 6.25. The molecule has 0 bridgehead atoms. The average molecular weight is 491 g/mol. The number of amides is 2. The van der Waals surface area contributed by atoms with Gasteiger partial charge in [0.05, 0.1) is 35.7 Å². The number of carbonyl (C=O) groups excluding carboxylic acids is 2. The van der Waals surface area contributed by atoms with Crippen LogP contribution in [0.5, 0.6) is 11.5 Å². The van der Waals surface area contributed by atoms with Gasteiger partial charge in [-0.2, -0.15) is 0 Å². The molecule has 0 fully saturated rings. The van der Waals surface area contributed by atoms with Crippen molar-refractivity contribution in [2.45, 2.75) is 4.90 Å². The van der Waals surface area contributed by atoms with Crippen LogP contribution in [0.15, 0.2) is 65.6 Å². The maximum atomic E-state index is 12.8. The zero-order chi connectivity index (χ0) is 23.1. The maximum absolute atomic E-state index is 12.8. The number of carbonyl (C=O) groups is 2. The Morgan fingerprint density at radius 3 is 2.25 bits per heavy atom. The minimum atomic E-state index is -0.366. The standard InChI is InChI=1S/C23H20Cl2N2O4S/c1-30-18-10-5-11-19(31-2)21(18)23(29)26-14-6-3-7-15(12-14)32-13-20(28)27-17-9-4-8-16(24)22(17)25/h3-12H,13H2,1-2H3,(H,26,29)(H,27,28). The van der Waals surface area contributed by atoms with E-state index in [0.29, 0.717) is 38.5 Å². The normalized spacial score (nSPS) is 10.4. The molecule has 3 aromatic carbocycles. The van der Waals surface area contributed by atoms with Gasteiger partial charge in [0, 0.05) is 10.6 Å². The van der Waals surface area contributed by atoms with Crippen molar-refractivity contribution in [3.63, 3.8) is 0 Å². The summed E-state index contributed by atoms with van der Waals surface area (Å²) in [4.78, 5) is 26.0. The third-order valence-corrected chi connectivity index (χ3v) is 6.16. The molecule has 0 aliphatic heterocycles. The Morgan fingerprint density at radius 1 is 0.906 bits per heavy atom. The fourth-order valence-corrected chi connectivity index (χ4v) is 3.97. The first-order valence-electron chi connectivity index (χ1n) is 9.42. The SMILES string of the molecule is COc1cccc(OC)c1C(=O)Nc1cccc(SCC(=O)Nc2cccc(Cl)c2Cl)c1. The van der Waals surface area contributed by atoms with Crippen LogP contribution in [-0.4, -0.2) is 31.8 Å². The van der Waals surface area contributed by atoms with Crippen LogP contribution in [0.1, 0.15) is 10.4 Å². The van der Waals surface area contributed by atoms with Crippen molar-refractivity contribution in [3.05, 3.63) is 76.3 Å². The highest BCUT2D eigenvalue weighted by atomic mass is 35.5. The Kier molecular flexibility index (Phi) is 8.27. The number of anilines is 2. The Hall–Kier alpha value is -2.87. The number of hydrogen-bond donors (Lipinski definition) is 2. The number of hydrogen-bond acceptors (Lipinski definition) is 5. The fourth-order valence-electron chi connectivity index (χ4n) is 2.87. The first kappa shape index (κ1) is 23.8. The number of rotatable bonds is 8. The molecular weight excluding hydrogens is 471 g/mol. The second-order valence-corrected chi connectivity index (χ2v) is 8.29. The highest BCUT2D eigenvalue weighted by Crippen LogP contribution is 2.31. The molecule has 9 heteroatoms. The zero-order valence-electron chi connectivity index (χ0n) is 17.3. The number of nitrogens with one attached hydrogen (secondary N) is 2. The van der Waals surface area contributed by atoms with Gasteiger partial charge >= 0.3 is 0 Å². The Bertz CT molecular complexity index is 1120. The van der Waals surface area contributed by atoms with E-state index in [9.17, 15) is 9.59 Å². The highest BCUT2D eigenvalue weighted by Gasteiger charge is 2.18. The average Bonchev–Trinajstić information content (AvgIpc) is 2.80. The van der Waals surface area contributed by atoms with Crippen LogP contribution in [0.25, 0.3) is 0 Å². The molecule has 0 spiro atoms. The summed E-state index contributed by atoms with van der Waals surface area (Å²) in [6.45, 7) is 0. The molecule has 2 N–H and O–H groups in total. The molecule has 0 saturated heterocycles. The highest BCUT2D eigenvalue weighted by molar-refractivity contribution is 8.00. The Labute approximate surface area is 200 Å². The molecule has 32 heavy (non-hydrogen) atoms. The summed E-state index contributed by atoms with van der Waals surface area (Å²) in [6, 6.07) is 17.3. The Morgan fingerprint density at radius 2 is 1.56 bits per heavy atom. The van der Waals surface area contributed by atoms with E-state index in [1.54, 1.807) is 54.6 Å². The third kappa shape index (κ3) is 5.88. The van der Waals surface area contributed by atoms with Crippen molar-refractivity contribution in [2.75, 3.05) is 30.6 Å². The number of thioether (sulfide) groups is 1. The van der Waals surface area contributed by atoms with E-state index in [1.165, 1.54) is 26.0 Å². The van der Waals surface area contributed by atoms with Crippen LogP contribution in [0.2, 0.25) is 10.0 Å². The third-order valence-electron chi connectivity index (χ3n) is 4.34. The molecule has 0 aliphatic carbocycles. The van der Waals surface area contributed by atoms with Gasteiger partial charge in [0.15, 0.2) is 0 Å². The Balaban J connectivity index is 1.65. The fraction of sp³-hybridized carbons (Fsp3) is 0.130. The van der Waals surface area contributed by atoms with Crippen molar-refractivity contribution >= 4 is 58.2 Å². The minimum Gasteiger partial charge on any atom is -0.496 e. The van der Waals surface area contributed by atoms with Gasteiger partial charge < -0.3 is 20.1 Å². The van der Waals surface area contributed by atoms with Crippen molar-refractivity contribution in [2.24, 2.45) is 0 Å². The van der Waals surface area contributed by atoms with Crippen molar-refractivity contribution in [3.8, 4) is 11.5 Å². The lowest BCUT2D eigenvalue weighted by Gasteiger charge is -2.13. The lowest BCUT2D eigenvalue weighted by atomic mass is 10.1. The van der Waals surface area contributed by atoms with E-state index in [2.05, 4.69) is 10.6 Å². The van der Waals surface area contributed by atoms with Crippen LogP contribution >= 0.6 is 35.0 Å².